The van der Waals surface area contributed by atoms with E-state index in [2.05, 4.69) is 10.1 Å². The van der Waals surface area contributed by atoms with Crippen molar-refractivity contribution in [3.05, 3.63) is 64.1 Å². The number of nitrogens with zero attached hydrogens (tertiary/aromatic N) is 4. The van der Waals surface area contributed by atoms with Gasteiger partial charge in [-0.3, -0.25) is 4.79 Å². The number of hydrogen-bond donors (Lipinski definition) is 0. The van der Waals surface area contributed by atoms with E-state index in [9.17, 15) is 9.18 Å². The molecular formula is C16H15FN4OS. The lowest BCUT2D eigenvalue weighted by Crippen LogP contribution is -2.27. The van der Waals surface area contributed by atoms with Gasteiger partial charge in [-0.1, -0.05) is 6.07 Å². The topological polar surface area (TPSA) is 51.0 Å². The fraction of sp³-hybridized carbons (Fsp3) is 0.188. The quantitative estimate of drug-likeness (QED) is 0.739. The lowest BCUT2D eigenvalue weighted by Gasteiger charge is -2.13. The minimum atomic E-state index is -0.321. The van der Waals surface area contributed by atoms with E-state index in [1.807, 2.05) is 17.5 Å². The third kappa shape index (κ3) is 3.29. The van der Waals surface area contributed by atoms with Gasteiger partial charge < -0.3 is 4.90 Å². The van der Waals surface area contributed by atoms with Crippen LogP contribution in [0.5, 0.6) is 0 Å². The van der Waals surface area contributed by atoms with E-state index in [1.54, 1.807) is 42.3 Å². The van der Waals surface area contributed by atoms with Crippen LogP contribution in [0.2, 0.25) is 0 Å². The van der Waals surface area contributed by atoms with Crippen molar-refractivity contribution in [1.82, 2.24) is 19.7 Å². The third-order valence-electron chi connectivity index (χ3n) is 3.35. The molecule has 0 saturated heterocycles. The molecule has 7 heteroatoms. The van der Waals surface area contributed by atoms with Crippen LogP contribution in [0.25, 0.3) is 5.69 Å². The minimum Gasteiger partial charge on any atom is -0.334 e. The summed E-state index contributed by atoms with van der Waals surface area (Å²) in [6.07, 6.45) is 0. The Balaban J connectivity index is 1.82. The molecule has 118 valence electrons. The second-order valence-corrected chi connectivity index (χ2v) is 6.14. The van der Waals surface area contributed by atoms with Crippen LogP contribution in [0, 0.1) is 12.7 Å². The summed E-state index contributed by atoms with van der Waals surface area (Å²) in [4.78, 5) is 19.4. The maximum atomic E-state index is 13.0. The molecule has 0 saturated carbocycles. The first-order valence-corrected chi connectivity index (χ1v) is 7.90. The molecule has 0 aliphatic heterocycles. The van der Waals surface area contributed by atoms with Gasteiger partial charge in [0.1, 0.15) is 11.6 Å². The van der Waals surface area contributed by atoms with Crippen LogP contribution in [-0.4, -0.2) is 32.6 Å². The van der Waals surface area contributed by atoms with Crippen molar-refractivity contribution in [3.8, 4) is 5.69 Å². The summed E-state index contributed by atoms with van der Waals surface area (Å²) in [6.45, 7) is 2.27. The highest BCUT2D eigenvalue weighted by molar-refractivity contribution is 7.09. The summed E-state index contributed by atoms with van der Waals surface area (Å²) in [5.74, 6) is 0.135. The Morgan fingerprint density at radius 3 is 2.70 bits per heavy atom. The first kappa shape index (κ1) is 15.4. The predicted octanol–water partition coefficient (Wildman–Crippen LogP) is 3.05. The van der Waals surface area contributed by atoms with E-state index in [0.717, 1.165) is 4.88 Å². The molecule has 0 spiro atoms. The largest absolute Gasteiger partial charge is 0.334 e. The van der Waals surface area contributed by atoms with Crippen molar-refractivity contribution in [2.24, 2.45) is 0 Å². The van der Waals surface area contributed by atoms with Gasteiger partial charge in [0.2, 0.25) is 5.82 Å². The molecule has 1 aromatic carbocycles. The van der Waals surface area contributed by atoms with Gasteiger partial charge >= 0.3 is 0 Å². The van der Waals surface area contributed by atoms with Crippen LogP contribution in [0.3, 0.4) is 0 Å². The molecule has 2 aromatic heterocycles. The number of aromatic nitrogens is 3. The fourth-order valence-electron chi connectivity index (χ4n) is 2.19. The molecule has 0 fully saturated rings. The van der Waals surface area contributed by atoms with Gasteiger partial charge in [0.05, 0.1) is 12.2 Å². The monoisotopic (exact) mass is 330 g/mol. The Kier molecular flexibility index (Phi) is 4.20. The lowest BCUT2D eigenvalue weighted by molar-refractivity contribution is 0.0774. The number of thiophene rings is 1. The molecular weight excluding hydrogens is 315 g/mol. The summed E-state index contributed by atoms with van der Waals surface area (Å²) in [5.41, 5.74) is 0.663. The molecule has 0 N–H and O–H groups in total. The molecule has 1 amide bonds. The Morgan fingerprint density at radius 1 is 1.30 bits per heavy atom. The smallest absolute Gasteiger partial charge is 0.293 e. The summed E-state index contributed by atoms with van der Waals surface area (Å²) < 4.78 is 14.6. The van der Waals surface area contributed by atoms with E-state index < -0.39 is 0 Å². The molecule has 2 heterocycles. The first-order chi connectivity index (χ1) is 11.0. The molecule has 5 nitrogen and oxygen atoms in total. The van der Waals surface area contributed by atoms with Crippen molar-refractivity contribution in [2.45, 2.75) is 13.5 Å². The summed E-state index contributed by atoms with van der Waals surface area (Å²) in [5, 5.41) is 6.23. The maximum absolute atomic E-state index is 13.0. The Hall–Kier alpha value is -2.54. The molecule has 0 atom stereocenters. The number of carbonyl (C=O) groups is 1. The number of hydrogen-bond acceptors (Lipinski definition) is 4. The van der Waals surface area contributed by atoms with Gasteiger partial charge in [-0.05, 0) is 42.6 Å². The molecule has 0 bridgehead atoms. The molecule has 3 aromatic rings. The average molecular weight is 330 g/mol. The van der Waals surface area contributed by atoms with E-state index in [1.165, 1.54) is 16.8 Å². The van der Waals surface area contributed by atoms with Crippen molar-refractivity contribution in [3.63, 3.8) is 0 Å². The zero-order valence-corrected chi connectivity index (χ0v) is 13.5. The van der Waals surface area contributed by atoms with Crippen LogP contribution < -0.4 is 0 Å². The average Bonchev–Trinajstić information content (AvgIpc) is 3.17. The Morgan fingerprint density at radius 2 is 2.04 bits per heavy atom. The molecule has 0 unspecified atom stereocenters. The van der Waals surface area contributed by atoms with Crippen LogP contribution >= 0.6 is 11.3 Å². The zero-order chi connectivity index (χ0) is 16.4. The zero-order valence-electron chi connectivity index (χ0n) is 12.7. The van der Waals surface area contributed by atoms with Crippen molar-refractivity contribution >= 4 is 17.2 Å². The highest BCUT2D eigenvalue weighted by Crippen LogP contribution is 2.14. The molecule has 3 rings (SSSR count). The van der Waals surface area contributed by atoms with Crippen LogP contribution in [0.1, 0.15) is 21.3 Å². The van der Waals surface area contributed by atoms with Gasteiger partial charge in [-0.2, -0.15) is 0 Å². The van der Waals surface area contributed by atoms with Crippen LogP contribution in [-0.2, 0) is 6.54 Å². The highest BCUT2D eigenvalue weighted by atomic mass is 32.1. The lowest BCUT2D eigenvalue weighted by atomic mass is 10.3. The molecule has 0 radical (unpaired) electrons. The summed E-state index contributed by atoms with van der Waals surface area (Å²) >= 11 is 1.59. The molecule has 23 heavy (non-hydrogen) atoms. The van der Waals surface area contributed by atoms with E-state index in [4.69, 9.17) is 0 Å². The molecule has 0 aliphatic rings. The second kappa shape index (κ2) is 6.29. The Labute approximate surface area is 137 Å². The number of halogens is 1. The van der Waals surface area contributed by atoms with Crippen molar-refractivity contribution in [2.75, 3.05) is 7.05 Å². The predicted molar refractivity (Wildman–Crippen MR) is 86.2 cm³/mol. The highest BCUT2D eigenvalue weighted by Gasteiger charge is 2.19. The number of rotatable bonds is 4. The summed E-state index contributed by atoms with van der Waals surface area (Å²) in [6, 6.07) is 9.82. The first-order valence-electron chi connectivity index (χ1n) is 7.02. The van der Waals surface area contributed by atoms with Gasteiger partial charge in [0.25, 0.3) is 5.91 Å². The second-order valence-electron chi connectivity index (χ2n) is 5.11. The minimum absolute atomic E-state index is 0.130. The van der Waals surface area contributed by atoms with E-state index >= 15 is 0 Å². The molecule has 0 aliphatic carbocycles. The van der Waals surface area contributed by atoms with Crippen molar-refractivity contribution < 1.29 is 9.18 Å². The van der Waals surface area contributed by atoms with E-state index in [0.29, 0.717) is 18.1 Å². The maximum Gasteiger partial charge on any atom is 0.293 e. The number of amides is 1. The van der Waals surface area contributed by atoms with Gasteiger partial charge in [-0.15, -0.1) is 16.4 Å². The van der Waals surface area contributed by atoms with E-state index in [-0.39, 0.29) is 17.5 Å². The third-order valence-corrected chi connectivity index (χ3v) is 4.21. The normalized spacial score (nSPS) is 10.7. The number of aryl methyl sites for hydroxylation is 1. The van der Waals surface area contributed by atoms with Crippen LogP contribution in [0.4, 0.5) is 4.39 Å². The number of carbonyl (C=O) groups excluding carboxylic acids is 1. The van der Waals surface area contributed by atoms with Crippen molar-refractivity contribution in [1.29, 1.82) is 0 Å². The van der Waals surface area contributed by atoms with Crippen LogP contribution in [0.15, 0.2) is 41.8 Å². The van der Waals surface area contributed by atoms with Gasteiger partial charge in [-0.25, -0.2) is 14.1 Å². The number of benzene rings is 1. The van der Waals surface area contributed by atoms with Gasteiger partial charge in [0.15, 0.2) is 0 Å². The SMILES string of the molecule is Cc1nc(C(=O)N(C)Cc2cccs2)nn1-c1ccc(F)cc1. The fourth-order valence-corrected chi connectivity index (χ4v) is 2.94. The summed E-state index contributed by atoms with van der Waals surface area (Å²) in [7, 11) is 1.72. The Bertz CT molecular complexity index is 811. The van der Waals surface area contributed by atoms with Gasteiger partial charge in [0, 0.05) is 11.9 Å². The standard InChI is InChI=1S/C16H15FN4OS/c1-11-18-15(16(22)20(2)10-14-4-3-9-23-14)19-21(11)13-7-5-12(17)6-8-13/h3-9H,10H2,1-2H3.